The lowest BCUT2D eigenvalue weighted by molar-refractivity contribution is -0.133. The van der Waals surface area contributed by atoms with Gasteiger partial charge < -0.3 is 15.3 Å². The zero-order valence-corrected chi connectivity index (χ0v) is 9.78. The van der Waals surface area contributed by atoms with Crippen molar-refractivity contribution in [2.45, 2.75) is 26.8 Å². The molecule has 0 saturated heterocycles. The van der Waals surface area contributed by atoms with E-state index in [4.69, 9.17) is 5.11 Å². The highest BCUT2D eigenvalue weighted by Crippen LogP contribution is 2.00. The molecule has 0 spiro atoms. The van der Waals surface area contributed by atoms with Crippen molar-refractivity contribution >= 4 is 11.8 Å². The predicted molar refractivity (Wildman–Crippen MR) is 57.2 cm³/mol. The van der Waals surface area contributed by atoms with Gasteiger partial charge in [-0.1, -0.05) is 13.8 Å². The van der Waals surface area contributed by atoms with E-state index in [-0.39, 0.29) is 36.9 Å². The molecule has 0 rings (SSSR count). The van der Waals surface area contributed by atoms with Crippen LogP contribution >= 0.6 is 0 Å². The number of hydrogen-bond acceptors (Lipinski definition) is 3. The normalized spacial score (nSPS) is 12.4. The summed E-state index contributed by atoms with van der Waals surface area (Å²) in [4.78, 5) is 23.6. The maximum Gasteiger partial charge on any atom is 0.239 e. The van der Waals surface area contributed by atoms with Gasteiger partial charge in [-0.15, -0.1) is 0 Å². The van der Waals surface area contributed by atoms with Crippen LogP contribution in [0.3, 0.4) is 0 Å². The van der Waals surface area contributed by atoms with Gasteiger partial charge in [0.2, 0.25) is 11.8 Å². The first-order valence-corrected chi connectivity index (χ1v) is 5.00. The molecule has 0 aromatic rings. The fraction of sp³-hybridized carbons (Fsp3) is 0.800. The van der Waals surface area contributed by atoms with Gasteiger partial charge in [0.25, 0.3) is 0 Å². The lowest BCUT2D eigenvalue weighted by Crippen LogP contribution is -2.45. The maximum atomic E-state index is 11.4. The molecule has 0 aliphatic carbocycles. The van der Waals surface area contributed by atoms with Crippen molar-refractivity contribution < 1.29 is 14.7 Å². The Morgan fingerprint density at radius 1 is 1.40 bits per heavy atom. The van der Waals surface area contributed by atoms with Gasteiger partial charge in [0.05, 0.1) is 19.2 Å². The summed E-state index contributed by atoms with van der Waals surface area (Å²) in [5, 5.41) is 11.7. The number of carbonyl (C=O) groups is 2. The number of aliphatic hydroxyl groups is 1. The van der Waals surface area contributed by atoms with Gasteiger partial charge in [0, 0.05) is 14.0 Å². The second kappa shape index (κ2) is 6.40. The minimum Gasteiger partial charge on any atom is -0.394 e. The zero-order valence-electron chi connectivity index (χ0n) is 9.78. The molecule has 1 atom stereocenters. The Morgan fingerprint density at radius 2 is 1.93 bits per heavy atom. The van der Waals surface area contributed by atoms with Crippen LogP contribution in [0.5, 0.6) is 0 Å². The lowest BCUT2D eigenvalue weighted by atomic mass is 10.1. The number of likely N-dealkylation sites (N-methyl/N-ethyl adjacent to an activating group) is 1. The van der Waals surface area contributed by atoms with Crippen LogP contribution in [-0.4, -0.2) is 48.1 Å². The quantitative estimate of drug-likeness (QED) is 0.657. The standard InChI is InChI=1S/C10H20N2O3/c1-7(2)9(6-13)11-10(15)5-12(4)8(3)14/h7,9,13H,5-6H2,1-4H3,(H,11,15)/t9-/m1/s1. The third-order valence-corrected chi connectivity index (χ3v) is 2.27. The molecular formula is C10H20N2O3. The Bertz CT molecular complexity index is 229. The minimum atomic E-state index is -0.252. The smallest absolute Gasteiger partial charge is 0.239 e. The number of nitrogens with one attached hydrogen (secondary N) is 1. The molecule has 88 valence electrons. The summed E-state index contributed by atoms with van der Waals surface area (Å²) < 4.78 is 0. The molecule has 15 heavy (non-hydrogen) atoms. The average molecular weight is 216 g/mol. The van der Waals surface area contributed by atoms with Crippen LogP contribution in [0.25, 0.3) is 0 Å². The highest BCUT2D eigenvalue weighted by atomic mass is 16.3. The van der Waals surface area contributed by atoms with Gasteiger partial charge >= 0.3 is 0 Å². The van der Waals surface area contributed by atoms with Crippen LogP contribution in [0.15, 0.2) is 0 Å². The Morgan fingerprint density at radius 3 is 2.27 bits per heavy atom. The lowest BCUT2D eigenvalue weighted by Gasteiger charge is -2.21. The van der Waals surface area contributed by atoms with Crippen molar-refractivity contribution in [3.63, 3.8) is 0 Å². The Kier molecular flexibility index (Phi) is 5.93. The number of aliphatic hydroxyl groups excluding tert-OH is 1. The molecule has 0 bridgehead atoms. The third kappa shape index (κ3) is 5.37. The fourth-order valence-electron chi connectivity index (χ4n) is 1.00. The summed E-state index contributed by atoms with van der Waals surface area (Å²) in [7, 11) is 1.56. The van der Waals surface area contributed by atoms with Crippen molar-refractivity contribution in [3.8, 4) is 0 Å². The molecule has 5 nitrogen and oxygen atoms in total. The van der Waals surface area contributed by atoms with E-state index in [9.17, 15) is 9.59 Å². The summed E-state index contributed by atoms with van der Waals surface area (Å²) in [6.45, 7) is 5.16. The molecule has 0 unspecified atom stereocenters. The highest BCUT2D eigenvalue weighted by molar-refractivity contribution is 5.83. The molecule has 0 heterocycles. The van der Waals surface area contributed by atoms with Crippen molar-refractivity contribution in [1.82, 2.24) is 10.2 Å². The predicted octanol–water partition coefficient (Wildman–Crippen LogP) is -0.402. The van der Waals surface area contributed by atoms with E-state index < -0.39 is 0 Å². The molecule has 0 aromatic heterocycles. The SMILES string of the molecule is CC(=O)N(C)CC(=O)N[C@H](CO)C(C)C. The largest absolute Gasteiger partial charge is 0.394 e. The molecule has 2 amide bonds. The molecule has 0 saturated carbocycles. The van der Waals surface area contributed by atoms with Gasteiger partial charge in [-0.2, -0.15) is 0 Å². The van der Waals surface area contributed by atoms with Crippen molar-refractivity contribution in [2.24, 2.45) is 5.92 Å². The van der Waals surface area contributed by atoms with Gasteiger partial charge in [-0.3, -0.25) is 9.59 Å². The number of hydrogen-bond donors (Lipinski definition) is 2. The second-order valence-electron chi connectivity index (χ2n) is 3.98. The van der Waals surface area contributed by atoms with Gasteiger partial charge in [-0.05, 0) is 5.92 Å². The van der Waals surface area contributed by atoms with Gasteiger partial charge in [-0.25, -0.2) is 0 Å². The first-order chi connectivity index (χ1) is 6.88. The van der Waals surface area contributed by atoms with E-state index in [0.29, 0.717) is 0 Å². The van der Waals surface area contributed by atoms with Crippen molar-refractivity contribution in [1.29, 1.82) is 0 Å². The van der Waals surface area contributed by atoms with E-state index in [1.807, 2.05) is 13.8 Å². The van der Waals surface area contributed by atoms with E-state index in [0.717, 1.165) is 0 Å². The summed E-state index contributed by atoms with van der Waals surface area (Å²) >= 11 is 0. The van der Waals surface area contributed by atoms with Crippen LogP contribution in [0, 0.1) is 5.92 Å². The van der Waals surface area contributed by atoms with Gasteiger partial charge in [0.15, 0.2) is 0 Å². The first-order valence-electron chi connectivity index (χ1n) is 5.00. The Labute approximate surface area is 90.5 Å². The van der Waals surface area contributed by atoms with E-state index in [1.54, 1.807) is 7.05 Å². The fourth-order valence-corrected chi connectivity index (χ4v) is 1.00. The van der Waals surface area contributed by atoms with Crippen LogP contribution in [0.2, 0.25) is 0 Å². The van der Waals surface area contributed by atoms with Crippen molar-refractivity contribution in [2.75, 3.05) is 20.2 Å². The molecule has 2 N–H and O–H groups in total. The summed E-state index contributed by atoms with van der Waals surface area (Å²) in [5.74, 6) is -0.239. The number of carbonyl (C=O) groups excluding carboxylic acids is 2. The first kappa shape index (κ1) is 13.9. The summed E-state index contributed by atoms with van der Waals surface area (Å²) in [5.41, 5.74) is 0. The summed E-state index contributed by atoms with van der Waals surface area (Å²) in [6, 6.07) is -0.252. The molecule has 0 fully saturated rings. The topological polar surface area (TPSA) is 69.6 Å². The van der Waals surface area contributed by atoms with Crippen LogP contribution in [0.1, 0.15) is 20.8 Å². The number of nitrogens with zero attached hydrogens (tertiary/aromatic N) is 1. The summed E-state index contributed by atoms with van der Waals surface area (Å²) in [6.07, 6.45) is 0. The second-order valence-corrected chi connectivity index (χ2v) is 3.98. The molecule has 0 aromatic carbocycles. The highest BCUT2D eigenvalue weighted by Gasteiger charge is 2.16. The third-order valence-electron chi connectivity index (χ3n) is 2.27. The average Bonchev–Trinajstić information content (AvgIpc) is 2.13. The zero-order chi connectivity index (χ0) is 12.0. The molecule has 0 aliphatic heterocycles. The number of rotatable bonds is 5. The van der Waals surface area contributed by atoms with Crippen molar-refractivity contribution in [3.05, 3.63) is 0 Å². The van der Waals surface area contributed by atoms with Gasteiger partial charge in [0.1, 0.15) is 0 Å². The van der Waals surface area contributed by atoms with E-state index in [1.165, 1.54) is 11.8 Å². The monoisotopic (exact) mass is 216 g/mol. The van der Waals surface area contributed by atoms with E-state index >= 15 is 0 Å². The molecular weight excluding hydrogens is 196 g/mol. The Balaban J connectivity index is 4.07. The van der Waals surface area contributed by atoms with Crippen LogP contribution in [0.4, 0.5) is 0 Å². The minimum absolute atomic E-state index is 0.0263. The number of amides is 2. The van der Waals surface area contributed by atoms with Crippen LogP contribution in [-0.2, 0) is 9.59 Å². The molecule has 0 aliphatic rings. The molecule has 0 radical (unpaired) electrons. The van der Waals surface area contributed by atoms with Crippen LogP contribution < -0.4 is 5.32 Å². The Hall–Kier alpha value is -1.10. The maximum absolute atomic E-state index is 11.4. The van der Waals surface area contributed by atoms with E-state index in [2.05, 4.69) is 5.32 Å². The molecule has 5 heteroatoms.